The number of unbranched alkanes of at least 4 members (excludes halogenated alkanes) is 1. The zero-order valence-electron chi connectivity index (χ0n) is 12.3. The highest BCUT2D eigenvalue weighted by atomic mass is 16.5. The Bertz CT molecular complexity index is 426. The van der Waals surface area contributed by atoms with Crippen molar-refractivity contribution in [2.24, 2.45) is 0 Å². The quantitative estimate of drug-likeness (QED) is 0.635. The largest absolute Gasteiger partial charge is 0.465 e. The molecule has 4 heteroatoms. The van der Waals surface area contributed by atoms with Crippen molar-refractivity contribution in [3.05, 3.63) is 29.6 Å². The number of furan rings is 1. The number of hydrogen-bond acceptors (Lipinski definition) is 4. The number of carbonyl (C=O) groups is 1. The molecule has 1 atom stereocenters. The normalized spacial score (nSPS) is 13.2. The van der Waals surface area contributed by atoms with Crippen LogP contribution in [0.25, 0.3) is 0 Å². The van der Waals surface area contributed by atoms with Crippen molar-refractivity contribution in [2.75, 3.05) is 7.11 Å². The number of rotatable bonds is 6. The summed E-state index contributed by atoms with van der Waals surface area (Å²) in [5.41, 5.74) is -0.524. The van der Waals surface area contributed by atoms with Gasteiger partial charge in [0.05, 0.1) is 20.0 Å². The zero-order valence-corrected chi connectivity index (χ0v) is 12.3. The molecule has 1 aromatic rings. The topological polar surface area (TPSA) is 59.7 Å². The molecule has 0 aliphatic heterocycles. The van der Waals surface area contributed by atoms with Gasteiger partial charge in [-0.1, -0.05) is 6.92 Å². The van der Waals surface area contributed by atoms with Crippen molar-refractivity contribution >= 4 is 5.97 Å². The summed E-state index contributed by atoms with van der Waals surface area (Å²) in [6.07, 6.45) is 3.90. The standard InChI is InChI=1S/C15H23O4/c1-6-7-8-12(15(3,4)17)13-9-11(10(2)19-13)14(16)18-5/h8-9,12,17H,6-7H2,1-5H3/q+1. The van der Waals surface area contributed by atoms with E-state index in [-0.39, 0.29) is 5.92 Å². The van der Waals surface area contributed by atoms with Crippen molar-refractivity contribution in [2.45, 2.75) is 52.1 Å². The maximum Gasteiger partial charge on any atom is 0.341 e. The fraction of sp³-hybridized carbons (Fsp3) is 0.600. The fourth-order valence-electron chi connectivity index (χ4n) is 2.06. The van der Waals surface area contributed by atoms with Crippen LogP contribution in [-0.4, -0.2) is 23.8 Å². The van der Waals surface area contributed by atoms with Gasteiger partial charge in [0.2, 0.25) is 0 Å². The Hall–Kier alpha value is -1.42. The summed E-state index contributed by atoms with van der Waals surface area (Å²) in [6, 6.07) is 1.66. The number of hydrogen-bond donors (Lipinski definition) is 1. The van der Waals surface area contributed by atoms with E-state index in [2.05, 4.69) is 6.92 Å². The smallest absolute Gasteiger partial charge is 0.341 e. The number of esters is 1. The van der Waals surface area contributed by atoms with Crippen LogP contribution >= 0.6 is 0 Å². The van der Waals surface area contributed by atoms with E-state index >= 15 is 0 Å². The molecule has 0 aromatic carbocycles. The predicted octanol–water partition coefficient (Wildman–Crippen LogP) is 3.23. The molecule has 0 aliphatic carbocycles. The molecule has 0 amide bonds. The molecule has 0 aliphatic rings. The van der Waals surface area contributed by atoms with Gasteiger partial charge in [0.1, 0.15) is 16.9 Å². The van der Waals surface area contributed by atoms with Crippen LogP contribution in [0, 0.1) is 13.3 Å². The van der Waals surface area contributed by atoms with Crippen molar-refractivity contribution in [1.82, 2.24) is 0 Å². The summed E-state index contributed by atoms with van der Waals surface area (Å²) in [6.45, 7) is 7.27. The summed E-state index contributed by atoms with van der Waals surface area (Å²) < 4.78 is 10.3. The molecule has 0 saturated heterocycles. The van der Waals surface area contributed by atoms with Gasteiger partial charge in [0.15, 0.2) is 11.7 Å². The van der Waals surface area contributed by atoms with Gasteiger partial charge in [-0.15, -0.1) is 0 Å². The van der Waals surface area contributed by atoms with Gasteiger partial charge in [-0.3, -0.25) is 0 Å². The maximum atomic E-state index is 11.6. The molecule has 0 spiro atoms. The van der Waals surface area contributed by atoms with E-state index in [1.165, 1.54) is 7.11 Å². The number of aliphatic hydroxyl groups is 1. The molecule has 106 valence electrons. The second-order valence-electron chi connectivity index (χ2n) is 5.27. The average Bonchev–Trinajstić information content (AvgIpc) is 2.69. The lowest BCUT2D eigenvalue weighted by Crippen LogP contribution is -2.29. The molecule has 0 bridgehead atoms. The molecule has 4 nitrogen and oxygen atoms in total. The van der Waals surface area contributed by atoms with Gasteiger partial charge in [-0.25, -0.2) is 4.79 Å². The third kappa shape index (κ3) is 3.77. The maximum absolute atomic E-state index is 11.6. The first-order valence-electron chi connectivity index (χ1n) is 6.55. The SMILES string of the molecule is CCC[CH+]C(c1cc(C(=O)OC)c(C)o1)C(C)(C)O. The third-order valence-corrected chi connectivity index (χ3v) is 3.10. The molecular weight excluding hydrogens is 244 g/mol. The Morgan fingerprint density at radius 1 is 1.58 bits per heavy atom. The van der Waals surface area contributed by atoms with E-state index in [0.29, 0.717) is 17.1 Å². The molecule has 1 aromatic heterocycles. The first kappa shape index (κ1) is 15.6. The van der Waals surface area contributed by atoms with E-state index in [0.717, 1.165) is 12.8 Å². The van der Waals surface area contributed by atoms with Crippen LogP contribution in [-0.2, 0) is 4.74 Å². The van der Waals surface area contributed by atoms with Crippen LogP contribution in [0.4, 0.5) is 0 Å². The summed E-state index contributed by atoms with van der Waals surface area (Å²) in [5.74, 6) is 0.446. The number of methoxy groups -OCH3 is 1. The summed E-state index contributed by atoms with van der Waals surface area (Å²) in [4.78, 5) is 11.6. The lowest BCUT2D eigenvalue weighted by Gasteiger charge is -2.21. The van der Waals surface area contributed by atoms with Crippen LogP contribution in [0.1, 0.15) is 61.4 Å². The average molecular weight is 267 g/mol. The predicted molar refractivity (Wildman–Crippen MR) is 73.0 cm³/mol. The molecule has 19 heavy (non-hydrogen) atoms. The minimum atomic E-state index is -0.938. The highest BCUT2D eigenvalue weighted by Crippen LogP contribution is 2.34. The van der Waals surface area contributed by atoms with Crippen LogP contribution in [0.5, 0.6) is 0 Å². The Labute approximate surface area is 114 Å². The molecule has 1 unspecified atom stereocenters. The Balaban J connectivity index is 3.06. The van der Waals surface area contributed by atoms with E-state index < -0.39 is 11.6 Å². The van der Waals surface area contributed by atoms with Crippen LogP contribution in [0.15, 0.2) is 10.5 Å². The van der Waals surface area contributed by atoms with E-state index in [9.17, 15) is 9.90 Å². The van der Waals surface area contributed by atoms with Gasteiger partial charge in [0.25, 0.3) is 0 Å². The van der Waals surface area contributed by atoms with E-state index in [1.807, 2.05) is 6.42 Å². The second kappa shape index (κ2) is 6.15. The lowest BCUT2D eigenvalue weighted by atomic mass is 9.84. The number of ether oxygens (including phenoxy) is 1. The minimum Gasteiger partial charge on any atom is -0.465 e. The van der Waals surface area contributed by atoms with E-state index in [1.54, 1.807) is 26.8 Å². The highest BCUT2D eigenvalue weighted by Gasteiger charge is 2.38. The number of carbonyl (C=O) groups excluding carboxylic acids is 1. The molecule has 1 N–H and O–H groups in total. The Morgan fingerprint density at radius 2 is 2.21 bits per heavy atom. The molecule has 1 rings (SSSR count). The van der Waals surface area contributed by atoms with E-state index in [4.69, 9.17) is 9.15 Å². The molecular formula is C15H23O4+. The molecule has 0 saturated carbocycles. The van der Waals surface area contributed by atoms with Crippen LogP contribution in [0.3, 0.4) is 0 Å². The van der Waals surface area contributed by atoms with Gasteiger partial charge in [-0.2, -0.15) is 0 Å². The molecule has 0 fully saturated rings. The van der Waals surface area contributed by atoms with Gasteiger partial charge >= 0.3 is 5.97 Å². The summed E-state index contributed by atoms with van der Waals surface area (Å²) >= 11 is 0. The summed E-state index contributed by atoms with van der Waals surface area (Å²) in [5, 5.41) is 10.2. The van der Waals surface area contributed by atoms with Crippen molar-refractivity contribution in [1.29, 1.82) is 0 Å². The van der Waals surface area contributed by atoms with Gasteiger partial charge in [-0.05, 0) is 33.3 Å². The second-order valence-corrected chi connectivity index (χ2v) is 5.27. The monoisotopic (exact) mass is 267 g/mol. The fourth-order valence-corrected chi connectivity index (χ4v) is 2.06. The summed E-state index contributed by atoms with van der Waals surface area (Å²) in [7, 11) is 1.34. The van der Waals surface area contributed by atoms with Crippen molar-refractivity contribution in [3.8, 4) is 0 Å². The molecule has 1 heterocycles. The first-order chi connectivity index (χ1) is 8.81. The Kier molecular flexibility index (Phi) is 5.06. The lowest BCUT2D eigenvalue weighted by molar-refractivity contribution is 0.0518. The van der Waals surface area contributed by atoms with Gasteiger partial charge < -0.3 is 14.3 Å². The van der Waals surface area contributed by atoms with Crippen molar-refractivity contribution < 1.29 is 19.1 Å². The Morgan fingerprint density at radius 3 is 2.68 bits per heavy atom. The minimum absolute atomic E-state index is 0.246. The zero-order chi connectivity index (χ0) is 14.6. The van der Waals surface area contributed by atoms with Crippen molar-refractivity contribution in [3.63, 3.8) is 0 Å². The third-order valence-electron chi connectivity index (χ3n) is 3.10. The first-order valence-corrected chi connectivity index (χ1v) is 6.55. The van der Waals surface area contributed by atoms with Crippen LogP contribution < -0.4 is 0 Å². The number of aryl methyl sites for hydroxylation is 1. The van der Waals surface area contributed by atoms with Gasteiger partial charge in [0, 0.05) is 0 Å². The highest BCUT2D eigenvalue weighted by molar-refractivity contribution is 5.90. The molecule has 0 radical (unpaired) electrons. The van der Waals surface area contributed by atoms with Crippen LogP contribution in [0.2, 0.25) is 0 Å².